The highest BCUT2D eigenvalue weighted by atomic mass is 16.6. The van der Waals surface area contributed by atoms with Crippen molar-refractivity contribution < 1.29 is 24.2 Å². The lowest BCUT2D eigenvalue weighted by Crippen LogP contribution is -2.54. The van der Waals surface area contributed by atoms with Crippen molar-refractivity contribution in [2.45, 2.75) is 18.6 Å². The van der Waals surface area contributed by atoms with Crippen LogP contribution in [0.1, 0.15) is 12.5 Å². The van der Waals surface area contributed by atoms with Crippen LogP contribution in [-0.2, 0) is 24.6 Å². The van der Waals surface area contributed by atoms with E-state index in [1.54, 1.807) is 30.3 Å². The minimum atomic E-state index is -1.50. The van der Waals surface area contributed by atoms with Crippen molar-refractivity contribution in [2.24, 2.45) is 0 Å². The molecule has 108 valence electrons. The van der Waals surface area contributed by atoms with Gasteiger partial charge in [-0.15, -0.1) is 0 Å². The Morgan fingerprint density at radius 1 is 1.30 bits per heavy atom. The number of hydrogen-bond acceptors (Lipinski definition) is 4. The number of carbonyl (C=O) groups is 2. The number of carboxylic acid groups (broad SMARTS) is 1. The molecule has 1 fully saturated rings. The quantitative estimate of drug-likeness (QED) is 0.839. The summed E-state index contributed by atoms with van der Waals surface area (Å²) in [5.74, 6) is -1.62. The molecule has 1 aromatic carbocycles. The van der Waals surface area contributed by atoms with E-state index < -0.39 is 23.5 Å². The van der Waals surface area contributed by atoms with Crippen molar-refractivity contribution in [1.82, 2.24) is 5.32 Å². The maximum Gasteiger partial charge on any atom is 0.333 e. The second-order valence-electron chi connectivity index (χ2n) is 4.72. The number of carbonyl (C=O) groups excluding carboxylic acids is 1. The van der Waals surface area contributed by atoms with Gasteiger partial charge in [-0.05, 0) is 12.5 Å². The summed E-state index contributed by atoms with van der Waals surface area (Å²) >= 11 is 0. The van der Waals surface area contributed by atoms with Gasteiger partial charge >= 0.3 is 5.97 Å². The molecule has 0 bridgehead atoms. The first-order valence-corrected chi connectivity index (χ1v) is 6.34. The van der Waals surface area contributed by atoms with E-state index in [2.05, 4.69) is 5.32 Å². The van der Waals surface area contributed by atoms with Gasteiger partial charge in [0.1, 0.15) is 0 Å². The zero-order chi connectivity index (χ0) is 14.6. The fourth-order valence-corrected chi connectivity index (χ4v) is 1.99. The van der Waals surface area contributed by atoms with Crippen LogP contribution in [-0.4, -0.2) is 42.9 Å². The first-order chi connectivity index (χ1) is 9.54. The van der Waals surface area contributed by atoms with Crippen LogP contribution in [0.5, 0.6) is 0 Å². The average molecular weight is 279 g/mol. The van der Waals surface area contributed by atoms with Gasteiger partial charge < -0.3 is 19.9 Å². The topological polar surface area (TPSA) is 84.9 Å². The first kappa shape index (κ1) is 14.5. The smallest absolute Gasteiger partial charge is 0.333 e. The van der Waals surface area contributed by atoms with Gasteiger partial charge in [-0.25, -0.2) is 4.79 Å². The first-order valence-electron chi connectivity index (χ1n) is 6.34. The molecule has 0 aromatic heterocycles. The second-order valence-corrected chi connectivity index (χ2v) is 4.72. The van der Waals surface area contributed by atoms with Crippen LogP contribution in [0.3, 0.4) is 0 Å². The van der Waals surface area contributed by atoms with Crippen molar-refractivity contribution >= 4 is 11.9 Å². The standard InChI is InChI=1S/C14H17NO5/c1-14(13(17)18,10-5-3-2-4-6-10)15-12(16)11-9-19-7-8-20-11/h2-6,11H,7-9H2,1H3,(H,15,16)(H,17,18). The maximum atomic E-state index is 12.1. The Kier molecular flexibility index (Phi) is 4.36. The predicted molar refractivity (Wildman–Crippen MR) is 70.1 cm³/mol. The highest BCUT2D eigenvalue weighted by molar-refractivity contribution is 5.89. The molecule has 1 aliphatic rings. The largest absolute Gasteiger partial charge is 0.479 e. The van der Waals surface area contributed by atoms with E-state index in [0.717, 1.165) is 0 Å². The summed E-state index contributed by atoms with van der Waals surface area (Å²) in [5.41, 5.74) is -1.00. The van der Waals surface area contributed by atoms with E-state index >= 15 is 0 Å². The number of carboxylic acids is 1. The van der Waals surface area contributed by atoms with E-state index in [4.69, 9.17) is 9.47 Å². The molecule has 6 nitrogen and oxygen atoms in total. The van der Waals surface area contributed by atoms with Crippen molar-refractivity contribution in [3.63, 3.8) is 0 Å². The Hall–Kier alpha value is -1.92. The van der Waals surface area contributed by atoms with E-state index in [1.165, 1.54) is 6.92 Å². The number of benzene rings is 1. The molecule has 0 saturated carbocycles. The Morgan fingerprint density at radius 3 is 2.55 bits per heavy atom. The van der Waals surface area contributed by atoms with Gasteiger partial charge in [0, 0.05) is 0 Å². The monoisotopic (exact) mass is 279 g/mol. The zero-order valence-electron chi connectivity index (χ0n) is 11.2. The van der Waals surface area contributed by atoms with Crippen LogP contribution in [0.15, 0.2) is 30.3 Å². The molecule has 1 amide bonds. The lowest BCUT2D eigenvalue weighted by Gasteiger charge is -2.30. The molecule has 0 aliphatic carbocycles. The fraction of sp³-hybridized carbons (Fsp3) is 0.429. The molecule has 2 N–H and O–H groups in total. The highest BCUT2D eigenvalue weighted by Crippen LogP contribution is 2.21. The van der Waals surface area contributed by atoms with Crippen molar-refractivity contribution in [3.8, 4) is 0 Å². The normalized spacial score (nSPS) is 21.8. The van der Waals surface area contributed by atoms with Crippen LogP contribution in [0.25, 0.3) is 0 Å². The Bertz CT molecular complexity index is 484. The zero-order valence-corrected chi connectivity index (χ0v) is 11.2. The molecule has 6 heteroatoms. The van der Waals surface area contributed by atoms with Crippen molar-refractivity contribution in [1.29, 1.82) is 0 Å². The van der Waals surface area contributed by atoms with Gasteiger partial charge in [-0.1, -0.05) is 30.3 Å². The molecule has 1 heterocycles. The lowest BCUT2D eigenvalue weighted by atomic mass is 9.92. The van der Waals surface area contributed by atoms with Crippen molar-refractivity contribution in [3.05, 3.63) is 35.9 Å². The number of rotatable bonds is 4. The van der Waals surface area contributed by atoms with E-state index in [1.807, 2.05) is 0 Å². The van der Waals surface area contributed by atoms with E-state index in [9.17, 15) is 14.7 Å². The third-order valence-electron chi connectivity index (χ3n) is 3.26. The molecule has 2 rings (SSSR count). The summed E-state index contributed by atoms with van der Waals surface area (Å²) in [4.78, 5) is 23.7. The Balaban J connectivity index is 2.17. The summed E-state index contributed by atoms with van der Waals surface area (Å²) in [6.45, 7) is 2.36. The predicted octanol–water partition coefficient (Wildman–Crippen LogP) is 0.518. The Morgan fingerprint density at radius 2 is 2.00 bits per heavy atom. The Labute approximate surface area is 116 Å². The molecule has 0 radical (unpaired) electrons. The number of amides is 1. The van der Waals surface area contributed by atoms with Crippen LogP contribution >= 0.6 is 0 Å². The number of ether oxygens (including phenoxy) is 2. The number of nitrogens with one attached hydrogen (secondary N) is 1. The number of hydrogen-bond donors (Lipinski definition) is 2. The molecular formula is C14H17NO5. The molecule has 20 heavy (non-hydrogen) atoms. The summed E-state index contributed by atoms with van der Waals surface area (Å²) < 4.78 is 10.4. The molecule has 1 aliphatic heterocycles. The van der Waals surface area contributed by atoms with E-state index in [-0.39, 0.29) is 6.61 Å². The molecule has 2 unspecified atom stereocenters. The SMILES string of the molecule is CC(NC(=O)C1COCCO1)(C(=O)O)c1ccccc1. The molecule has 1 saturated heterocycles. The van der Waals surface area contributed by atoms with Gasteiger partial charge in [-0.2, -0.15) is 0 Å². The molecule has 2 atom stereocenters. The van der Waals surface area contributed by atoms with Crippen molar-refractivity contribution in [2.75, 3.05) is 19.8 Å². The van der Waals surface area contributed by atoms with Crippen LogP contribution in [0, 0.1) is 0 Å². The summed E-state index contributed by atoms with van der Waals surface area (Å²) in [6, 6.07) is 8.55. The molecular weight excluding hydrogens is 262 g/mol. The highest BCUT2D eigenvalue weighted by Gasteiger charge is 2.39. The molecule has 1 aromatic rings. The summed E-state index contributed by atoms with van der Waals surface area (Å²) in [7, 11) is 0. The fourth-order valence-electron chi connectivity index (χ4n) is 1.99. The number of aliphatic carboxylic acids is 1. The summed E-state index contributed by atoms with van der Waals surface area (Å²) in [6.07, 6.45) is -0.772. The van der Waals surface area contributed by atoms with Gasteiger partial charge in [0.05, 0.1) is 19.8 Å². The summed E-state index contributed by atoms with van der Waals surface area (Å²) in [5, 5.41) is 12.0. The second kappa shape index (κ2) is 6.02. The minimum Gasteiger partial charge on any atom is -0.479 e. The van der Waals surface area contributed by atoms with Crippen LogP contribution < -0.4 is 5.32 Å². The van der Waals surface area contributed by atoms with Gasteiger partial charge in [0.2, 0.25) is 0 Å². The van der Waals surface area contributed by atoms with Crippen LogP contribution in [0.4, 0.5) is 0 Å². The van der Waals surface area contributed by atoms with Gasteiger partial charge in [0.15, 0.2) is 11.6 Å². The molecule has 0 spiro atoms. The minimum absolute atomic E-state index is 0.135. The van der Waals surface area contributed by atoms with Gasteiger partial charge in [-0.3, -0.25) is 4.79 Å². The third-order valence-corrected chi connectivity index (χ3v) is 3.26. The third kappa shape index (κ3) is 2.97. The maximum absolute atomic E-state index is 12.1. The average Bonchev–Trinajstić information content (AvgIpc) is 2.48. The lowest BCUT2D eigenvalue weighted by molar-refractivity contribution is -0.156. The van der Waals surface area contributed by atoms with Crippen LogP contribution in [0.2, 0.25) is 0 Å². The van der Waals surface area contributed by atoms with E-state index in [0.29, 0.717) is 18.8 Å². The van der Waals surface area contributed by atoms with Gasteiger partial charge in [0.25, 0.3) is 5.91 Å².